The van der Waals surface area contributed by atoms with Crippen molar-refractivity contribution in [3.8, 4) is 9.88 Å². The fourth-order valence-electron chi connectivity index (χ4n) is 3.02. The van der Waals surface area contributed by atoms with Crippen LogP contribution in [0.25, 0.3) is 9.88 Å². The molecule has 0 aliphatic heterocycles. The van der Waals surface area contributed by atoms with Crippen molar-refractivity contribution in [3.63, 3.8) is 0 Å². The van der Waals surface area contributed by atoms with E-state index in [0.29, 0.717) is 24.0 Å². The molecule has 0 spiro atoms. The van der Waals surface area contributed by atoms with Gasteiger partial charge in [-0.15, -0.1) is 22.7 Å². The molecule has 0 bridgehead atoms. The maximum absolute atomic E-state index is 13.1. The van der Waals surface area contributed by atoms with Gasteiger partial charge in [0.05, 0.1) is 10.9 Å². The van der Waals surface area contributed by atoms with Crippen LogP contribution in [0.3, 0.4) is 0 Å². The third kappa shape index (κ3) is 4.39. The quantitative estimate of drug-likeness (QED) is 0.415. The van der Waals surface area contributed by atoms with E-state index in [0.717, 1.165) is 15.4 Å². The van der Waals surface area contributed by atoms with Gasteiger partial charge in [0.15, 0.2) is 0 Å². The first kappa shape index (κ1) is 20.2. The van der Waals surface area contributed by atoms with Gasteiger partial charge in [-0.05, 0) is 36.9 Å². The van der Waals surface area contributed by atoms with Gasteiger partial charge in [0.25, 0.3) is 5.91 Å². The number of hydrogen-bond acceptors (Lipinski definition) is 7. The molecule has 0 saturated carbocycles. The predicted octanol–water partition coefficient (Wildman–Crippen LogP) is 5.50. The lowest BCUT2D eigenvalue weighted by molar-refractivity contribution is 0.0983. The molecule has 0 aliphatic rings. The van der Waals surface area contributed by atoms with Crippen molar-refractivity contribution >= 4 is 40.3 Å². The summed E-state index contributed by atoms with van der Waals surface area (Å²) in [6, 6.07) is 15.9. The Hall–Kier alpha value is -3.10. The Morgan fingerprint density at radius 1 is 1.10 bits per heavy atom. The molecule has 0 unspecified atom stereocenters. The third-order valence-electron chi connectivity index (χ3n) is 4.58. The van der Waals surface area contributed by atoms with Crippen LogP contribution >= 0.6 is 22.7 Å². The van der Waals surface area contributed by atoms with E-state index in [1.54, 1.807) is 33.9 Å². The van der Waals surface area contributed by atoms with Gasteiger partial charge in [0.2, 0.25) is 5.95 Å². The van der Waals surface area contributed by atoms with Crippen LogP contribution in [0.15, 0.2) is 65.5 Å². The third-order valence-corrected chi connectivity index (χ3v) is 6.46. The minimum Gasteiger partial charge on any atom is -0.348 e. The Kier molecular flexibility index (Phi) is 6.15. The molecule has 152 valence electrons. The number of amides is 1. The van der Waals surface area contributed by atoms with E-state index < -0.39 is 0 Å². The van der Waals surface area contributed by atoms with Gasteiger partial charge in [0, 0.05) is 18.1 Å². The number of carbonyl (C=O) groups excluding carboxylic acids is 1. The smallest absolute Gasteiger partial charge is 0.278 e. The molecule has 0 saturated heterocycles. The van der Waals surface area contributed by atoms with Crippen molar-refractivity contribution in [1.82, 2.24) is 15.0 Å². The summed E-state index contributed by atoms with van der Waals surface area (Å²) in [5.74, 6) is 0.857. The van der Waals surface area contributed by atoms with Gasteiger partial charge >= 0.3 is 0 Å². The van der Waals surface area contributed by atoms with Crippen molar-refractivity contribution in [2.45, 2.75) is 19.9 Å². The number of rotatable bonds is 7. The molecule has 8 heteroatoms. The van der Waals surface area contributed by atoms with Crippen LogP contribution in [0.4, 0.5) is 11.8 Å². The van der Waals surface area contributed by atoms with Crippen LogP contribution < -0.4 is 10.2 Å². The number of nitrogens with zero attached hydrogens (tertiary/aromatic N) is 4. The number of aromatic nitrogens is 3. The van der Waals surface area contributed by atoms with Crippen molar-refractivity contribution < 1.29 is 4.79 Å². The molecule has 1 atom stereocenters. The fourth-order valence-corrected chi connectivity index (χ4v) is 4.63. The fraction of sp³-hybridized carbons (Fsp3) is 0.182. The Balaban J connectivity index is 1.53. The Labute approximate surface area is 183 Å². The number of thiophene rings is 1. The number of anilines is 2. The lowest BCUT2D eigenvalue weighted by Crippen LogP contribution is -2.32. The first-order valence-corrected chi connectivity index (χ1v) is 11.4. The molecule has 30 heavy (non-hydrogen) atoms. The van der Waals surface area contributed by atoms with Crippen molar-refractivity contribution in [2.75, 3.05) is 16.8 Å². The molecule has 4 aromatic rings. The number of carbonyl (C=O) groups is 1. The summed E-state index contributed by atoms with van der Waals surface area (Å²) in [7, 11) is 0. The summed E-state index contributed by atoms with van der Waals surface area (Å²) in [6.45, 7) is 4.46. The van der Waals surface area contributed by atoms with Crippen LogP contribution in [-0.2, 0) is 0 Å². The molecular weight excluding hydrogens is 414 g/mol. The van der Waals surface area contributed by atoms with Crippen LogP contribution in [0.1, 0.15) is 35.9 Å². The highest BCUT2D eigenvalue weighted by atomic mass is 32.1. The average Bonchev–Trinajstić information content (AvgIpc) is 3.47. The van der Waals surface area contributed by atoms with E-state index in [2.05, 4.69) is 39.3 Å². The number of benzene rings is 1. The van der Waals surface area contributed by atoms with Crippen LogP contribution in [0, 0.1) is 0 Å². The zero-order chi connectivity index (χ0) is 20.9. The van der Waals surface area contributed by atoms with E-state index in [1.807, 2.05) is 42.6 Å². The summed E-state index contributed by atoms with van der Waals surface area (Å²) >= 11 is 3.09. The average molecular weight is 436 g/mol. The largest absolute Gasteiger partial charge is 0.348 e. The highest BCUT2D eigenvalue weighted by molar-refractivity contribution is 7.20. The molecule has 4 rings (SSSR count). The van der Waals surface area contributed by atoms with Gasteiger partial charge < -0.3 is 5.32 Å². The molecule has 6 nitrogen and oxygen atoms in total. The summed E-state index contributed by atoms with van der Waals surface area (Å²) in [6.07, 6.45) is 1.66. The van der Waals surface area contributed by atoms with Gasteiger partial charge in [-0.1, -0.05) is 36.4 Å². The second-order valence-electron chi connectivity index (χ2n) is 6.58. The van der Waals surface area contributed by atoms with Gasteiger partial charge in [-0.2, -0.15) is 4.98 Å². The molecule has 3 heterocycles. The predicted molar refractivity (Wildman–Crippen MR) is 123 cm³/mol. The minimum absolute atomic E-state index is 0.0409. The van der Waals surface area contributed by atoms with Crippen LogP contribution in [0.2, 0.25) is 0 Å². The van der Waals surface area contributed by atoms with E-state index in [1.165, 1.54) is 11.3 Å². The molecule has 0 fully saturated rings. The highest BCUT2D eigenvalue weighted by Crippen LogP contribution is 2.28. The molecule has 3 aromatic heterocycles. The molecular formula is C22H21N5OS2. The maximum Gasteiger partial charge on any atom is 0.278 e. The van der Waals surface area contributed by atoms with Crippen molar-refractivity contribution in [3.05, 3.63) is 76.7 Å². The van der Waals surface area contributed by atoms with E-state index >= 15 is 0 Å². The topological polar surface area (TPSA) is 71.0 Å². The second kappa shape index (κ2) is 9.15. The Morgan fingerprint density at radius 3 is 2.67 bits per heavy atom. The van der Waals surface area contributed by atoms with Crippen LogP contribution in [-0.4, -0.2) is 27.4 Å². The molecule has 0 radical (unpaired) electrons. The molecule has 1 N–H and O–H groups in total. The van der Waals surface area contributed by atoms with Crippen LogP contribution in [0.5, 0.6) is 0 Å². The second-order valence-corrected chi connectivity index (χ2v) is 8.39. The lowest BCUT2D eigenvalue weighted by Gasteiger charge is -2.20. The summed E-state index contributed by atoms with van der Waals surface area (Å²) < 4.78 is 0. The zero-order valence-corrected chi connectivity index (χ0v) is 18.3. The van der Waals surface area contributed by atoms with Crippen molar-refractivity contribution in [1.29, 1.82) is 0 Å². The van der Waals surface area contributed by atoms with E-state index in [-0.39, 0.29) is 11.9 Å². The minimum atomic E-state index is -0.169. The van der Waals surface area contributed by atoms with Gasteiger partial charge in [-0.3, -0.25) is 9.69 Å². The standard InChI is InChI=1S/C22H21N5OS2/c1-3-27(21(28)17-14-30-20(25-17)18-10-7-13-29-18)19-11-12-23-22(26-19)24-15(2)16-8-5-4-6-9-16/h4-15H,3H2,1-2H3,(H,23,24,26)/t15-/m0/s1. The zero-order valence-electron chi connectivity index (χ0n) is 16.6. The number of thiazole rings is 1. The Morgan fingerprint density at radius 2 is 1.93 bits per heavy atom. The Bertz CT molecular complexity index is 1110. The van der Waals surface area contributed by atoms with Gasteiger partial charge in [-0.25, -0.2) is 9.97 Å². The summed E-state index contributed by atoms with van der Waals surface area (Å²) in [5, 5.41) is 7.97. The lowest BCUT2D eigenvalue weighted by atomic mass is 10.1. The number of nitrogens with one attached hydrogen (secondary N) is 1. The van der Waals surface area contributed by atoms with Gasteiger partial charge in [0.1, 0.15) is 16.5 Å². The molecule has 1 amide bonds. The van der Waals surface area contributed by atoms with E-state index in [4.69, 9.17) is 0 Å². The SMILES string of the molecule is CCN(C(=O)c1csc(-c2cccs2)n1)c1ccnc(N[C@@H](C)c2ccccc2)n1. The maximum atomic E-state index is 13.1. The highest BCUT2D eigenvalue weighted by Gasteiger charge is 2.21. The summed E-state index contributed by atoms with van der Waals surface area (Å²) in [4.78, 5) is 29.2. The monoisotopic (exact) mass is 435 g/mol. The molecule has 1 aromatic carbocycles. The first-order valence-electron chi connectivity index (χ1n) is 9.61. The summed E-state index contributed by atoms with van der Waals surface area (Å²) in [5.41, 5.74) is 1.56. The first-order chi connectivity index (χ1) is 14.7. The van der Waals surface area contributed by atoms with E-state index in [9.17, 15) is 4.79 Å². The normalized spacial score (nSPS) is 11.8. The van der Waals surface area contributed by atoms with Crippen molar-refractivity contribution in [2.24, 2.45) is 0 Å². The number of hydrogen-bond donors (Lipinski definition) is 1. The molecule has 0 aliphatic carbocycles.